The van der Waals surface area contributed by atoms with E-state index < -0.39 is 0 Å². The molecule has 14 heavy (non-hydrogen) atoms. The Kier molecular flexibility index (Phi) is 8.14. The van der Waals surface area contributed by atoms with Gasteiger partial charge in [-0.25, -0.2) is 0 Å². The first-order valence-corrected chi connectivity index (χ1v) is 5.40. The Labute approximate surface area is 88.2 Å². The van der Waals surface area contributed by atoms with Crippen LogP contribution in [-0.2, 0) is 9.47 Å². The molecule has 0 aromatic carbocycles. The van der Waals surface area contributed by atoms with Crippen LogP contribution >= 0.6 is 0 Å². The lowest BCUT2D eigenvalue weighted by Crippen LogP contribution is -2.39. The molecule has 3 nitrogen and oxygen atoms in total. The molecule has 0 amide bonds. The average molecular weight is 203 g/mol. The van der Waals surface area contributed by atoms with Crippen molar-refractivity contribution in [1.29, 1.82) is 0 Å². The fourth-order valence-electron chi connectivity index (χ4n) is 1.27. The van der Waals surface area contributed by atoms with Gasteiger partial charge in [-0.1, -0.05) is 20.3 Å². The van der Waals surface area contributed by atoms with E-state index in [1.54, 1.807) is 14.2 Å². The summed E-state index contributed by atoms with van der Waals surface area (Å²) in [7, 11) is 3.42. The van der Waals surface area contributed by atoms with Crippen LogP contribution in [0.2, 0.25) is 0 Å². The van der Waals surface area contributed by atoms with Gasteiger partial charge in [-0.05, 0) is 12.8 Å². The minimum Gasteiger partial charge on any atom is -0.382 e. The smallest absolute Gasteiger partial charge is 0.0928 e. The van der Waals surface area contributed by atoms with Crippen LogP contribution in [0.1, 0.15) is 27.2 Å². The molecule has 3 atom stereocenters. The van der Waals surface area contributed by atoms with Gasteiger partial charge in [0.2, 0.25) is 0 Å². The highest BCUT2D eigenvalue weighted by atomic mass is 16.5. The monoisotopic (exact) mass is 203 g/mol. The topological polar surface area (TPSA) is 30.5 Å². The molecule has 0 aliphatic heterocycles. The third-order valence-corrected chi connectivity index (χ3v) is 2.85. The van der Waals surface area contributed by atoms with Crippen LogP contribution < -0.4 is 5.32 Å². The van der Waals surface area contributed by atoms with Crippen LogP contribution in [0.25, 0.3) is 0 Å². The number of methoxy groups -OCH3 is 2. The Bertz CT molecular complexity index is 128. The van der Waals surface area contributed by atoms with Crippen molar-refractivity contribution < 1.29 is 9.47 Å². The van der Waals surface area contributed by atoms with Gasteiger partial charge in [0.15, 0.2) is 0 Å². The Balaban J connectivity index is 3.67. The van der Waals surface area contributed by atoms with Crippen molar-refractivity contribution in [2.75, 3.05) is 27.4 Å². The molecule has 0 aromatic heterocycles. The molecule has 0 aliphatic carbocycles. The number of ether oxygens (including phenoxy) is 2. The van der Waals surface area contributed by atoms with E-state index in [1.807, 2.05) is 0 Å². The fourth-order valence-corrected chi connectivity index (χ4v) is 1.27. The molecule has 0 spiro atoms. The molecule has 3 unspecified atom stereocenters. The summed E-state index contributed by atoms with van der Waals surface area (Å²) in [6.45, 7) is 8.20. The molecule has 0 saturated heterocycles. The minimum atomic E-state index is 0.159. The lowest BCUT2D eigenvalue weighted by atomic mass is 10.0. The lowest BCUT2D eigenvalue weighted by molar-refractivity contribution is 0.0267. The van der Waals surface area contributed by atoms with Gasteiger partial charge in [-0.15, -0.1) is 0 Å². The van der Waals surface area contributed by atoms with Gasteiger partial charge in [0.1, 0.15) is 0 Å². The second-order valence-corrected chi connectivity index (χ2v) is 3.90. The minimum absolute atomic E-state index is 0.159. The van der Waals surface area contributed by atoms with Crippen LogP contribution in [0.5, 0.6) is 0 Å². The van der Waals surface area contributed by atoms with E-state index >= 15 is 0 Å². The second kappa shape index (κ2) is 8.21. The van der Waals surface area contributed by atoms with Crippen LogP contribution in [0.15, 0.2) is 0 Å². The summed E-state index contributed by atoms with van der Waals surface area (Å²) in [5.41, 5.74) is 0. The molecule has 0 radical (unpaired) electrons. The van der Waals surface area contributed by atoms with E-state index in [0.29, 0.717) is 18.6 Å². The Morgan fingerprint density at radius 3 is 2.29 bits per heavy atom. The molecule has 3 heteroatoms. The van der Waals surface area contributed by atoms with Gasteiger partial charge in [0.05, 0.1) is 12.7 Å². The highest BCUT2D eigenvalue weighted by Gasteiger charge is 2.12. The first kappa shape index (κ1) is 13.9. The van der Waals surface area contributed by atoms with Crippen molar-refractivity contribution in [3.8, 4) is 0 Å². The number of hydrogen-bond acceptors (Lipinski definition) is 3. The van der Waals surface area contributed by atoms with Crippen molar-refractivity contribution >= 4 is 0 Å². The molecule has 0 saturated carbocycles. The van der Waals surface area contributed by atoms with E-state index in [1.165, 1.54) is 6.42 Å². The maximum atomic E-state index is 5.27. The summed E-state index contributed by atoms with van der Waals surface area (Å²) >= 11 is 0. The zero-order chi connectivity index (χ0) is 11.0. The normalized spacial score (nSPS) is 17.8. The highest BCUT2D eigenvalue weighted by Crippen LogP contribution is 2.06. The molecular weight excluding hydrogens is 178 g/mol. The number of nitrogens with one attached hydrogen (secondary N) is 1. The molecule has 0 aliphatic rings. The number of hydrogen-bond donors (Lipinski definition) is 1. The van der Waals surface area contributed by atoms with Crippen molar-refractivity contribution in [1.82, 2.24) is 5.32 Å². The first-order valence-electron chi connectivity index (χ1n) is 5.40. The molecule has 0 rings (SSSR count). The van der Waals surface area contributed by atoms with E-state index in [-0.39, 0.29) is 6.10 Å². The van der Waals surface area contributed by atoms with E-state index in [0.717, 1.165) is 6.54 Å². The van der Waals surface area contributed by atoms with Gasteiger partial charge in [-0.3, -0.25) is 0 Å². The third-order valence-electron chi connectivity index (χ3n) is 2.85. The Hall–Kier alpha value is -0.120. The predicted molar refractivity (Wildman–Crippen MR) is 59.6 cm³/mol. The molecule has 86 valence electrons. The number of rotatable bonds is 8. The van der Waals surface area contributed by atoms with Crippen LogP contribution in [0, 0.1) is 5.92 Å². The van der Waals surface area contributed by atoms with Crippen LogP contribution in [0.4, 0.5) is 0 Å². The molecule has 0 heterocycles. The van der Waals surface area contributed by atoms with E-state index in [4.69, 9.17) is 9.47 Å². The Morgan fingerprint density at radius 2 is 1.86 bits per heavy atom. The van der Waals surface area contributed by atoms with Crippen LogP contribution in [-0.4, -0.2) is 39.5 Å². The van der Waals surface area contributed by atoms with Crippen LogP contribution in [0.3, 0.4) is 0 Å². The predicted octanol–water partition coefficient (Wildman–Crippen LogP) is 1.67. The first-order chi connectivity index (χ1) is 6.65. The summed E-state index contributed by atoms with van der Waals surface area (Å²) in [5, 5.41) is 3.46. The summed E-state index contributed by atoms with van der Waals surface area (Å²) in [6, 6.07) is 0.537. The third kappa shape index (κ3) is 5.58. The van der Waals surface area contributed by atoms with E-state index in [2.05, 4.69) is 26.1 Å². The second-order valence-electron chi connectivity index (χ2n) is 3.90. The van der Waals surface area contributed by atoms with Gasteiger partial charge in [-0.2, -0.15) is 0 Å². The molecular formula is C11H25NO2. The SMILES string of the molecule is CCC(C)C(C)NCC(COC)OC. The fraction of sp³-hybridized carbons (Fsp3) is 1.00. The van der Waals surface area contributed by atoms with Crippen molar-refractivity contribution in [2.45, 2.75) is 39.3 Å². The molecule has 0 aromatic rings. The van der Waals surface area contributed by atoms with Gasteiger partial charge in [0.25, 0.3) is 0 Å². The Morgan fingerprint density at radius 1 is 1.21 bits per heavy atom. The maximum absolute atomic E-state index is 5.27. The molecule has 0 bridgehead atoms. The lowest BCUT2D eigenvalue weighted by Gasteiger charge is -2.23. The quantitative estimate of drug-likeness (QED) is 0.651. The summed E-state index contributed by atoms with van der Waals surface area (Å²) in [5.74, 6) is 0.704. The van der Waals surface area contributed by atoms with Crippen molar-refractivity contribution in [3.05, 3.63) is 0 Å². The largest absolute Gasteiger partial charge is 0.382 e. The maximum Gasteiger partial charge on any atom is 0.0928 e. The van der Waals surface area contributed by atoms with Crippen molar-refractivity contribution in [2.24, 2.45) is 5.92 Å². The molecule has 1 N–H and O–H groups in total. The summed E-state index contributed by atoms with van der Waals surface area (Å²) < 4.78 is 10.3. The van der Waals surface area contributed by atoms with Gasteiger partial charge >= 0.3 is 0 Å². The summed E-state index contributed by atoms with van der Waals surface area (Å²) in [6.07, 6.45) is 1.36. The zero-order valence-corrected chi connectivity index (χ0v) is 10.2. The van der Waals surface area contributed by atoms with Gasteiger partial charge in [0, 0.05) is 26.8 Å². The van der Waals surface area contributed by atoms with E-state index in [9.17, 15) is 0 Å². The summed E-state index contributed by atoms with van der Waals surface area (Å²) in [4.78, 5) is 0. The zero-order valence-electron chi connectivity index (χ0n) is 10.2. The van der Waals surface area contributed by atoms with Gasteiger partial charge < -0.3 is 14.8 Å². The van der Waals surface area contributed by atoms with Crippen molar-refractivity contribution in [3.63, 3.8) is 0 Å². The average Bonchev–Trinajstić information content (AvgIpc) is 2.22. The standard InChI is InChI=1S/C11H25NO2/c1-6-9(2)10(3)12-7-11(14-5)8-13-4/h9-12H,6-8H2,1-5H3. The highest BCUT2D eigenvalue weighted by molar-refractivity contribution is 4.70. The molecule has 0 fully saturated rings.